The first-order valence-corrected chi connectivity index (χ1v) is 4.23. The summed E-state index contributed by atoms with van der Waals surface area (Å²) in [5.41, 5.74) is 0. The Hall–Kier alpha value is -0.110. The Balaban J connectivity index is 3.73. The summed E-state index contributed by atoms with van der Waals surface area (Å²) in [6.45, 7) is 7.56. The minimum absolute atomic E-state index is 0.175. The Bertz CT molecular complexity index is 140. The fraction of sp³-hybridized carbons (Fsp3) is 0.625. The zero-order valence-electron chi connectivity index (χ0n) is 6.48. The number of hydrogen-bond acceptors (Lipinski definition) is 1. The van der Waals surface area contributed by atoms with Crippen molar-refractivity contribution in [3.05, 3.63) is 11.1 Å². The summed E-state index contributed by atoms with van der Waals surface area (Å²) < 4.78 is 0.776. The molecule has 10 heavy (non-hydrogen) atoms. The maximum absolute atomic E-state index is 11.1. The van der Waals surface area contributed by atoms with E-state index in [9.17, 15) is 4.79 Å². The molecule has 0 saturated heterocycles. The normalized spacial score (nSPS) is 12.7. The SMILES string of the molecule is C=C(Br)CC(=O)C(C)CC. The molecule has 0 amide bonds. The molecule has 0 aliphatic rings. The molecule has 0 N–H and O–H groups in total. The minimum Gasteiger partial charge on any atom is -0.299 e. The lowest BCUT2D eigenvalue weighted by atomic mass is 10.0. The summed E-state index contributed by atoms with van der Waals surface area (Å²) in [6.07, 6.45) is 1.38. The third kappa shape index (κ3) is 3.83. The molecule has 0 fully saturated rings. The number of rotatable bonds is 4. The standard InChI is InChI=1S/C8H13BrO/c1-4-6(2)8(10)5-7(3)9/h6H,3-5H2,1-2H3. The molecule has 0 aliphatic carbocycles. The van der Waals surface area contributed by atoms with Crippen LogP contribution in [0.2, 0.25) is 0 Å². The van der Waals surface area contributed by atoms with Crippen molar-refractivity contribution in [2.45, 2.75) is 26.7 Å². The van der Waals surface area contributed by atoms with Gasteiger partial charge in [-0.05, 0) is 10.9 Å². The van der Waals surface area contributed by atoms with Crippen molar-refractivity contribution >= 4 is 21.7 Å². The second kappa shape index (κ2) is 4.67. The summed E-state index contributed by atoms with van der Waals surface area (Å²) >= 11 is 3.16. The Morgan fingerprint density at radius 2 is 2.20 bits per heavy atom. The minimum atomic E-state index is 0.175. The van der Waals surface area contributed by atoms with E-state index in [0.29, 0.717) is 6.42 Å². The Kier molecular flexibility index (Phi) is 4.62. The van der Waals surface area contributed by atoms with Crippen LogP contribution in [0.1, 0.15) is 26.7 Å². The molecule has 0 heterocycles. The maximum atomic E-state index is 11.1. The smallest absolute Gasteiger partial charge is 0.140 e. The molecule has 1 nitrogen and oxygen atoms in total. The fourth-order valence-corrected chi connectivity index (χ4v) is 0.867. The first-order chi connectivity index (χ1) is 4.57. The van der Waals surface area contributed by atoms with E-state index in [0.717, 1.165) is 10.9 Å². The van der Waals surface area contributed by atoms with Gasteiger partial charge in [-0.25, -0.2) is 0 Å². The molecule has 0 bridgehead atoms. The largest absolute Gasteiger partial charge is 0.299 e. The quantitative estimate of drug-likeness (QED) is 0.689. The average Bonchev–Trinajstić information content (AvgIpc) is 1.85. The van der Waals surface area contributed by atoms with Gasteiger partial charge in [-0.15, -0.1) is 0 Å². The van der Waals surface area contributed by atoms with Gasteiger partial charge in [-0.2, -0.15) is 0 Å². The van der Waals surface area contributed by atoms with Crippen LogP contribution in [0.4, 0.5) is 0 Å². The molecule has 0 aromatic rings. The van der Waals surface area contributed by atoms with Crippen molar-refractivity contribution < 1.29 is 4.79 Å². The zero-order valence-corrected chi connectivity index (χ0v) is 8.07. The van der Waals surface area contributed by atoms with Gasteiger partial charge in [0.15, 0.2) is 0 Å². The highest BCUT2D eigenvalue weighted by Gasteiger charge is 2.09. The first-order valence-electron chi connectivity index (χ1n) is 3.44. The molecule has 0 spiro atoms. The van der Waals surface area contributed by atoms with E-state index in [4.69, 9.17) is 0 Å². The highest BCUT2D eigenvalue weighted by molar-refractivity contribution is 9.11. The number of carbonyl (C=O) groups is 1. The van der Waals surface area contributed by atoms with E-state index >= 15 is 0 Å². The summed E-state index contributed by atoms with van der Waals surface area (Å²) in [4.78, 5) is 11.1. The molecule has 1 atom stereocenters. The van der Waals surface area contributed by atoms with Crippen molar-refractivity contribution in [3.63, 3.8) is 0 Å². The number of hydrogen-bond donors (Lipinski definition) is 0. The number of ketones is 1. The number of carbonyl (C=O) groups excluding carboxylic acids is 1. The lowest BCUT2D eigenvalue weighted by Crippen LogP contribution is -2.08. The van der Waals surface area contributed by atoms with Crippen LogP contribution >= 0.6 is 15.9 Å². The molecule has 0 rings (SSSR count). The summed E-state index contributed by atoms with van der Waals surface area (Å²) in [5.74, 6) is 0.443. The van der Waals surface area contributed by atoms with Gasteiger partial charge in [0.2, 0.25) is 0 Å². The molecule has 0 aromatic carbocycles. The van der Waals surface area contributed by atoms with E-state index in [1.807, 2.05) is 13.8 Å². The van der Waals surface area contributed by atoms with Gasteiger partial charge in [-0.1, -0.05) is 36.4 Å². The van der Waals surface area contributed by atoms with Crippen molar-refractivity contribution in [2.75, 3.05) is 0 Å². The molecular formula is C8H13BrO. The van der Waals surface area contributed by atoms with Crippen LogP contribution in [0, 0.1) is 5.92 Å². The lowest BCUT2D eigenvalue weighted by Gasteiger charge is -2.04. The van der Waals surface area contributed by atoms with Crippen LogP contribution in [-0.2, 0) is 4.79 Å². The fourth-order valence-electron chi connectivity index (χ4n) is 0.591. The molecule has 0 aliphatic heterocycles. The zero-order chi connectivity index (χ0) is 8.15. The van der Waals surface area contributed by atoms with Gasteiger partial charge < -0.3 is 0 Å². The second-order valence-corrected chi connectivity index (χ2v) is 3.59. The summed E-state index contributed by atoms with van der Waals surface area (Å²) in [5, 5.41) is 0. The van der Waals surface area contributed by atoms with Gasteiger partial charge >= 0.3 is 0 Å². The van der Waals surface area contributed by atoms with E-state index in [2.05, 4.69) is 22.5 Å². The van der Waals surface area contributed by atoms with Crippen LogP contribution < -0.4 is 0 Å². The monoisotopic (exact) mass is 204 g/mol. The molecule has 0 saturated carbocycles. The van der Waals surface area contributed by atoms with Gasteiger partial charge in [0.25, 0.3) is 0 Å². The first kappa shape index (κ1) is 9.89. The average molecular weight is 205 g/mol. The van der Waals surface area contributed by atoms with Crippen LogP contribution in [0.25, 0.3) is 0 Å². The Morgan fingerprint density at radius 1 is 1.70 bits per heavy atom. The summed E-state index contributed by atoms with van der Waals surface area (Å²) in [6, 6.07) is 0. The van der Waals surface area contributed by atoms with Crippen LogP contribution in [-0.4, -0.2) is 5.78 Å². The van der Waals surface area contributed by atoms with Crippen LogP contribution in [0.5, 0.6) is 0 Å². The molecule has 1 unspecified atom stereocenters. The molecule has 0 aromatic heterocycles. The predicted octanol–water partition coefficient (Wildman–Crippen LogP) is 2.90. The van der Waals surface area contributed by atoms with Crippen molar-refractivity contribution in [1.82, 2.24) is 0 Å². The van der Waals surface area contributed by atoms with Gasteiger partial charge in [-0.3, -0.25) is 4.79 Å². The van der Waals surface area contributed by atoms with Gasteiger partial charge in [0.1, 0.15) is 5.78 Å². The van der Waals surface area contributed by atoms with Gasteiger partial charge in [0, 0.05) is 12.3 Å². The maximum Gasteiger partial charge on any atom is 0.140 e. The molecular weight excluding hydrogens is 192 g/mol. The Labute approximate surface area is 70.6 Å². The summed E-state index contributed by atoms with van der Waals surface area (Å²) in [7, 11) is 0. The second-order valence-electron chi connectivity index (χ2n) is 2.47. The van der Waals surface area contributed by atoms with Crippen LogP contribution in [0.15, 0.2) is 11.1 Å². The number of Topliss-reactive ketones (excluding diaryl/α,β-unsaturated/α-hetero) is 1. The highest BCUT2D eigenvalue weighted by Crippen LogP contribution is 2.13. The van der Waals surface area contributed by atoms with E-state index in [1.165, 1.54) is 0 Å². The number of halogens is 1. The topological polar surface area (TPSA) is 17.1 Å². The van der Waals surface area contributed by atoms with Gasteiger partial charge in [0.05, 0.1) is 0 Å². The third-order valence-electron chi connectivity index (χ3n) is 1.53. The molecule has 0 radical (unpaired) electrons. The third-order valence-corrected chi connectivity index (χ3v) is 1.81. The van der Waals surface area contributed by atoms with Crippen molar-refractivity contribution in [1.29, 1.82) is 0 Å². The Morgan fingerprint density at radius 3 is 2.50 bits per heavy atom. The van der Waals surface area contributed by atoms with E-state index in [-0.39, 0.29) is 11.7 Å². The van der Waals surface area contributed by atoms with E-state index in [1.54, 1.807) is 0 Å². The number of allylic oxidation sites excluding steroid dienone is 1. The van der Waals surface area contributed by atoms with Crippen molar-refractivity contribution in [2.24, 2.45) is 5.92 Å². The van der Waals surface area contributed by atoms with E-state index < -0.39 is 0 Å². The molecule has 58 valence electrons. The predicted molar refractivity (Wildman–Crippen MR) is 47.1 cm³/mol. The lowest BCUT2D eigenvalue weighted by molar-refractivity contribution is -0.121. The highest BCUT2D eigenvalue weighted by atomic mass is 79.9. The molecule has 2 heteroatoms. The van der Waals surface area contributed by atoms with Crippen molar-refractivity contribution in [3.8, 4) is 0 Å². The van der Waals surface area contributed by atoms with Crippen LogP contribution in [0.3, 0.4) is 0 Å².